The molecule has 118 valence electrons. The van der Waals surface area contributed by atoms with Gasteiger partial charge in [0, 0.05) is 26.8 Å². The summed E-state index contributed by atoms with van der Waals surface area (Å²) < 4.78 is 1.91. The van der Waals surface area contributed by atoms with Gasteiger partial charge in [0.25, 0.3) is 0 Å². The van der Waals surface area contributed by atoms with Crippen molar-refractivity contribution >= 4 is 45.2 Å². The Labute approximate surface area is 182 Å². The normalized spacial score (nSPS) is 16.5. The van der Waals surface area contributed by atoms with Gasteiger partial charge in [-0.25, -0.2) is 0 Å². The van der Waals surface area contributed by atoms with E-state index in [1.807, 2.05) is 12.1 Å². The fourth-order valence-corrected chi connectivity index (χ4v) is 4.50. The van der Waals surface area contributed by atoms with Gasteiger partial charge in [0.2, 0.25) is 0 Å². The molecule has 1 aliphatic rings. The number of aliphatic hydroxyl groups excluding tert-OH is 1. The maximum atomic E-state index is 12.0. The molecule has 4 nitrogen and oxygen atoms in total. The average Bonchev–Trinajstić information content (AvgIpc) is 2.45. The zero-order valence-electron chi connectivity index (χ0n) is 12.9. The van der Waals surface area contributed by atoms with Crippen LogP contribution in [0.2, 0.25) is 0 Å². The van der Waals surface area contributed by atoms with E-state index in [2.05, 4.69) is 55.4 Å². The molecule has 0 bridgehead atoms. The summed E-state index contributed by atoms with van der Waals surface area (Å²) in [6.45, 7) is 4.63. The third-order valence-electron chi connectivity index (χ3n) is 3.79. The number of likely N-dealkylation sites (tertiary alicyclic amines) is 1. The molecule has 0 saturated carbocycles. The van der Waals surface area contributed by atoms with Crippen LogP contribution >= 0.6 is 45.2 Å². The molecule has 0 atom stereocenters. The fourth-order valence-electron chi connectivity index (χ4n) is 2.54. The van der Waals surface area contributed by atoms with Crippen LogP contribution in [0.5, 0.6) is 5.75 Å². The number of rotatable bonds is 6. The molecule has 1 aliphatic heterocycles. The molecule has 0 spiro atoms. The third-order valence-corrected chi connectivity index (χ3v) is 5.21. The molecule has 0 radical (unpaired) electrons. The summed E-state index contributed by atoms with van der Waals surface area (Å²) in [5, 5.41) is 24.8. The van der Waals surface area contributed by atoms with Crippen LogP contribution in [0.1, 0.15) is 24.8 Å². The Balaban J connectivity index is 0.00000242. The molecule has 1 heterocycles. The predicted molar refractivity (Wildman–Crippen MR) is 99.3 cm³/mol. The van der Waals surface area contributed by atoms with E-state index in [4.69, 9.17) is 0 Å². The van der Waals surface area contributed by atoms with Crippen molar-refractivity contribution < 1.29 is 39.8 Å². The van der Waals surface area contributed by atoms with Gasteiger partial charge in [0.1, 0.15) is 0 Å². The molecule has 0 aromatic heterocycles. The summed E-state index contributed by atoms with van der Waals surface area (Å²) in [5.74, 6) is 0.147. The topological polar surface area (TPSA) is 58.6 Å². The quantitative estimate of drug-likeness (QED) is 0.275. The first-order valence-corrected chi connectivity index (χ1v) is 9.48. The number of hydrogen-bond donors (Lipinski definition) is 2. The Morgan fingerprint density at radius 3 is 2.64 bits per heavy atom. The standard InChI is InChI=1S/C15H22I2N2O2.Na/c16-12-8-11(15(21)14(17)9-12)10-18-4-1-5-19-6-2-13(20)3-7-19;/h8-9,13,18,20-21H,1-7,10H2;/q;+1/p-1. The van der Waals surface area contributed by atoms with Gasteiger partial charge in [0.05, 0.1) is 6.10 Å². The van der Waals surface area contributed by atoms with Gasteiger partial charge in [0.15, 0.2) is 0 Å². The first-order chi connectivity index (χ1) is 10.1. The summed E-state index contributed by atoms with van der Waals surface area (Å²) in [5.41, 5.74) is 0.854. The van der Waals surface area contributed by atoms with E-state index in [-0.39, 0.29) is 41.4 Å². The van der Waals surface area contributed by atoms with E-state index >= 15 is 0 Å². The average molecular weight is 538 g/mol. The number of piperidine rings is 1. The van der Waals surface area contributed by atoms with Crippen molar-refractivity contribution in [3.63, 3.8) is 0 Å². The smallest absolute Gasteiger partial charge is 0.872 e. The van der Waals surface area contributed by atoms with Crippen LogP contribution in [0, 0.1) is 7.14 Å². The van der Waals surface area contributed by atoms with Crippen LogP contribution in [0.4, 0.5) is 0 Å². The van der Waals surface area contributed by atoms with Crippen LogP contribution in [0.3, 0.4) is 0 Å². The van der Waals surface area contributed by atoms with E-state index < -0.39 is 0 Å². The number of nitrogens with zero attached hydrogens (tertiary/aromatic N) is 1. The molecular weight excluding hydrogens is 517 g/mol. The number of aliphatic hydroxyl groups is 1. The number of hydrogen-bond acceptors (Lipinski definition) is 4. The van der Waals surface area contributed by atoms with Gasteiger partial charge in [-0.05, 0) is 95.2 Å². The number of benzene rings is 1. The summed E-state index contributed by atoms with van der Waals surface area (Å²) >= 11 is 4.35. The maximum Gasteiger partial charge on any atom is 1.00 e. The van der Waals surface area contributed by atoms with Gasteiger partial charge in [-0.1, -0.05) is 5.75 Å². The second-order valence-electron chi connectivity index (χ2n) is 5.48. The largest absolute Gasteiger partial charge is 1.00 e. The second kappa shape index (κ2) is 11.1. The molecule has 1 fully saturated rings. The van der Waals surface area contributed by atoms with E-state index in [0.717, 1.165) is 58.1 Å². The molecule has 0 amide bonds. The Bertz CT molecular complexity index is 469. The van der Waals surface area contributed by atoms with Crippen LogP contribution in [-0.4, -0.2) is 42.3 Å². The number of halogens is 2. The zero-order chi connectivity index (χ0) is 15.2. The first kappa shape index (κ1) is 21.4. The minimum Gasteiger partial charge on any atom is -0.872 e. The molecule has 2 N–H and O–H groups in total. The molecular formula is C15H21I2N2NaO2. The molecule has 0 aliphatic carbocycles. The SMILES string of the molecule is [Na+].[O-]c1c(I)cc(I)cc1CNCCCN1CCC(O)CC1. The third kappa shape index (κ3) is 7.08. The molecule has 0 unspecified atom stereocenters. The minimum absolute atomic E-state index is 0. The predicted octanol–water partition coefficient (Wildman–Crippen LogP) is -1.09. The minimum atomic E-state index is -0.0992. The molecule has 1 aromatic carbocycles. The molecule has 7 heteroatoms. The molecule has 22 heavy (non-hydrogen) atoms. The summed E-state index contributed by atoms with van der Waals surface area (Å²) in [4.78, 5) is 2.40. The van der Waals surface area contributed by atoms with Gasteiger partial charge < -0.3 is 20.4 Å². The Hall–Kier alpha value is 1.36. The monoisotopic (exact) mass is 538 g/mol. The fraction of sp³-hybridized carbons (Fsp3) is 0.600. The molecule has 1 aromatic rings. The zero-order valence-corrected chi connectivity index (χ0v) is 19.3. The van der Waals surface area contributed by atoms with Gasteiger partial charge in [-0.15, -0.1) is 0 Å². The molecule has 2 rings (SSSR count). The summed E-state index contributed by atoms with van der Waals surface area (Å²) in [6.07, 6.45) is 2.77. The van der Waals surface area contributed by atoms with E-state index in [1.165, 1.54) is 0 Å². The van der Waals surface area contributed by atoms with Crippen molar-refractivity contribution in [1.82, 2.24) is 10.2 Å². The van der Waals surface area contributed by atoms with E-state index in [0.29, 0.717) is 6.54 Å². The van der Waals surface area contributed by atoms with Crippen molar-refractivity contribution in [1.29, 1.82) is 0 Å². The summed E-state index contributed by atoms with van der Waals surface area (Å²) in [7, 11) is 0. The second-order valence-corrected chi connectivity index (χ2v) is 7.89. The van der Waals surface area contributed by atoms with Crippen molar-refractivity contribution in [2.45, 2.75) is 31.9 Å². The van der Waals surface area contributed by atoms with Crippen LogP contribution in [0.25, 0.3) is 0 Å². The first-order valence-electron chi connectivity index (χ1n) is 7.32. The van der Waals surface area contributed by atoms with E-state index in [9.17, 15) is 10.2 Å². The van der Waals surface area contributed by atoms with Crippen molar-refractivity contribution in [2.24, 2.45) is 0 Å². The van der Waals surface area contributed by atoms with Gasteiger partial charge in [-0.2, -0.15) is 0 Å². The van der Waals surface area contributed by atoms with Gasteiger partial charge >= 0.3 is 29.6 Å². The van der Waals surface area contributed by atoms with Crippen LogP contribution in [0.15, 0.2) is 12.1 Å². The van der Waals surface area contributed by atoms with Crippen LogP contribution < -0.4 is 40.0 Å². The molecule has 1 saturated heterocycles. The Morgan fingerprint density at radius 1 is 1.27 bits per heavy atom. The summed E-state index contributed by atoms with van der Waals surface area (Å²) in [6, 6.07) is 3.88. The maximum absolute atomic E-state index is 12.0. The van der Waals surface area contributed by atoms with Gasteiger partial charge in [-0.3, -0.25) is 0 Å². The van der Waals surface area contributed by atoms with Crippen molar-refractivity contribution in [2.75, 3.05) is 26.2 Å². The van der Waals surface area contributed by atoms with Crippen molar-refractivity contribution in [3.8, 4) is 5.75 Å². The van der Waals surface area contributed by atoms with Crippen LogP contribution in [-0.2, 0) is 6.54 Å². The van der Waals surface area contributed by atoms with Crippen molar-refractivity contribution in [3.05, 3.63) is 24.8 Å². The Kier molecular flexibility index (Phi) is 10.8. The van der Waals surface area contributed by atoms with E-state index in [1.54, 1.807) is 0 Å². The number of nitrogens with one attached hydrogen (secondary N) is 1. The Morgan fingerprint density at radius 2 is 1.95 bits per heavy atom.